The molecular weight excluding hydrogens is 354 g/mol. The number of carbonyl (C=O) groups excluding carboxylic acids is 1. The number of hydrogen-bond donors (Lipinski definition) is 1. The lowest BCUT2D eigenvalue weighted by Crippen LogP contribution is -2.36. The van der Waals surface area contributed by atoms with Gasteiger partial charge in [0.2, 0.25) is 0 Å². The molecule has 0 aliphatic heterocycles. The van der Waals surface area contributed by atoms with E-state index in [0.29, 0.717) is 35.1 Å². The van der Waals surface area contributed by atoms with Crippen LogP contribution in [0.25, 0.3) is 0 Å². The second-order valence-corrected chi connectivity index (χ2v) is 7.11. The summed E-state index contributed by atoms with van der Waals surface area (Å²) in [6, 6.07) is 5.21. The first-order valence-corrected chi connectivity index (χ1v) is 8.33. The van der Waals surface area contributed by atoms with E-state index >= 15 is 0 Å². The van der Waals surface area contributed by atoms with Gasteiger partial charge in [-0.3, -0.25) is 4.79 Å². The Morgan fingerprint density at radius 2 is 1.90 bits per heavy atom. The van der Waals surface area contributed by atoms with E-state index in [2.05, 4.69) is 48.9 Å². The summed E-state index contributed by atoms with van der Waals surface area (Å²) in [6.45, 7) is 9.40. The van der Waals surface area contributed by atoms with Crippen LogP contribution in [0.2, 0.25) is 5.02 Å². The third-order valence-corrected chi connectivity index (χ3v) is 4.36. The SMILES string of the molecule is CC(C)C(CNC(=O)COc1ccc(Cl)cc1Br)C(C)C. The summed E-state index contributed by atoms with van der Waals surface area (Å²) in [6.07, 6.45) is 0. The highest BCUT2D eigenvalue weighted by molar-refractivity contribution is 9.10. The number of amides is 1. The van der Waals surface area contributed by atoms with Crippen molar-refractivity contribution in [3.05, 3.63) is 27.7 Å². The highest BCUT2D eigenvalue weighted by Gasteiger charge is 2.18. The molecule has 0 bridgehead atoms. The van der Waals surface area contributed by atoms with Crippen molar-refractivity contribution < 1.29 is 9.53 Å². The Morgan fingerprint density at radius 1 is 1.29 bits per heavy atom. The average molecular weight is 377 g/mol. The van der Waals surface area contributed by atoms with E-state index < -0.39 is 0 Å². The molecule has 0 unspecified atom stereocenters. The number of benzene rings is 1. The van der Waals surface area contributed by atoms with Gasteiger partial charge in [-0.15, -0.1) is 0 Å². The van der Waals surface area contributed by atoms with Crippen molar-refractivity contribution >= 4 is 33.4 Å². The van der Waals surface area contributed by atoms with E-state index in [1.54, 1.807) is 18.2 Å². The van der Waals surface area contributed by atoms with Crippen LogP contribution in [0.15, 0.2) is 22.7 Å². The van der Waals surface area contributed by atoms with Gasteiger partial charge in [-0.05, 0) is 51.9 Å². The number of nitrogens with one attached hydrogen (secondary N) is 1. The second kappa shape index (κ2) is 8.64. The molecule has 0 aliphatic rings. The van der Waals surface area contributed by atoms with E-state index in [9.17, 15) is 4.79 Å². The molecule has 3 nitrogen and oxygen atoms in total. The summed E-state index contributed by atoms with van der Waals surface area (Å²) >= 11 is 9.22. The zero-order chi connectivity index (χ0) is 16.0. The van der Waals surface area contributed by atoms with Crippen LogP contribution >= 0.6 is 27.5 Å². The molecule has 1 amide bonds. The van der Waals surface area contributed by atoms with Gasteiger partial charge in [0.05, 0.1) is 4.47 Å². The standard InChI is InChI=1S/C16H23BrClNO2/c1-10(2)13(11(3)4)8-19-16(20)9-21-15-6-5-12(18)7-14(15)17/h5-7,10-11,13H,8-9H2,1-4H3,(H,19,20). The minimum atomic E-state index is -0.108. The predicted octanol–water partition coefficient (Wildman–Crippen LogP) is 4.53. The predicted molar refractivity (Wildman–Crippen MR) is 90.8 cm³/mol. The summed E-state index contributed by atoms with van der Waals surface area (Å²) < 4.78 is 6.23. The minimum absolute atomic E-state index is 0.00312. The third-order valence-electron chi connectivity index (χ3n) is 3.50. The molecule has 1 aromatic carbocycles. The Bertz CT molecular complexity index is 469. The number of ether oxygens (including phenoxy) is 1. The lowest BCUT2D eigenvalue weighted by atomic mass is 9.85. The van der Waals surface area contributed by atoms with Crippen LogP contribution < -0.4 is 10.1 Å². The maximum atomic E-state index is 11.9. The topological polar surface area (TPSA) is 38.3 Å². The fourth-order valence-corrected chi connectivity index (χ4v) is 3.06. The maximum Gasteiger partial charge on any atom is 0.257 e. The maximum absolute atomic E-state index is 11.9. The third kappa shape index (κ3) is 6.27. The molecule has 1 rings (SSSR count). The minimum Gasteiger partial charge on any atom is -0.483 e. The molecule has 0 saturated heterocycles. The summed E-state index contributed by atoms with van der Waals surface area (Å²) in [4.78, 5) is 11.9. The van der Waals surface area contributed by atoms with E-state index in [1.165, 1.54) is 0 Å². The number of rotatable bonds is 7. The molecule has 0 fully saturated rings. The molecule has 0 aromatic heterocycles. The van der Waals surface area contributed by atoms with Gasteiger partial charge < -0.3 is 10.1 Å². The zero-order valence-electron chi connectivity index (χ0n) is 13.0. The van der Waals surface area contributed by atoms with Gasteiger partial charge in [0.1, 0.15) is 5.75 Å². The van der Waals surface area contributed by atoms with Crippen molar-refractivity contribution in [2.45, 2.75) is 27.7 Å². The van der Waals surface area contributed by atoms with Crippen molar-refractivity contribution in [3.8, 4) is 5.75 Å². The van der Waals surface area contributed by atoms with Crippen molar-refractivity contribution in [2.24, 2.45) is 17.8 Å². The number of hydrogen-bond acceptors (Lipinski definition) is 2. The van der Waals surface area contributed by atoms with Crippen LogP contribution in [0, 0.1) is 17.8 Å². The van der Waals surface area contributed by atoms with E-state index in [0.717, 1.165) is 4.47 Å². The molecule has 21 heavy (non-hydrogen) atoms. The van der Waals surface area contributed by atoms with Gasteiger partial charge in [-0.2, -0.15) is 0 Å². The largest absolute Gasteiger partial charge is 0.483 e. The van der Waals surface area contributed by atoms with Crippen LogP contribution in [0.4, 0.5) is 0 Å². The van der Waals surface area contributed by atoms with E-state index in [1.807, 2.05) is 0 Å². The second-order valence-electron chi connectivity index (χ2n) is 5.82. The summed E-state index contributed by atoms with van der Waals surface area (Å²) in [5.74, 6) is 2.05. The Hall–Kier alpha value is -0.740. The van der Waals surface area contributed by atoms with Crippen molar-refractivity contribution in [1.82, 2.24) is 5.32 Å². The molecule has 0 saturated carbocycles. The molecule has 1 N–H and O–H groups in total. The van der Waals surface area contributed by atoms with Gasteiger partial charge in [0, 0.05) is 11.6 Å². The van der Waals surface area contributed by atoms with Crippen LogP contribution in [0.3, 0.4) is 0 Å². The molecule has 1 aromatic rings. The highest BCUT2D eigenvalue weighted by atomic mass is 79.9. The smallest absolute Gasteiger partial charge is 0.257 e. The average Bonchev–Trinajstić information content (AvgIpc) is 2.37. The van der Waals surface area contributed by atoms with Gasteiger partial charge in [0.15, 0.2) is 6.61 Å². The van der Waals surface area contributed by atoms with Crippen molar-refractivity contribution in [3.63, 3.8) is 0 Å². The van der Waals surface area contributed by atoms with Gasteiger partial charge in [0.25, 0.3) is 5.91 Å². The van der Waals surface area contributed by atoms with Crippen LogP contribution in [0.1, 0.15) is 27.7 Å². The first kappa shape index (κ1) is 18.3. The van der Waals surface area contributed by atoms with E-state index in [4.69, 9.17) is 16.3 Å². The first-order chi connectivity index (χ1) is 9.81. The van der Waals surface area contributed by atoms with Crippen LogP contribution in [0.5, 0.6) is 5.75 Å². The Balaban J connectivity index is 2.44. The molecule has 118 valence electrons. The molecule has 0 atom stereocenters. The van der Waals surface area contributed by atoms with Crippen molar-refractivity contribution in [2.75, 3.05) is 13.2 Å². The fourth-order valence-electron chi connectivity index (χ4n) is 2.26. The molecule has 0 aliphatic carbocycles. The summed E-state index contributed by atoms with van der Waals surface area (Å²) in [5, 5.41) is 3.56. The van der Waals surface area contributed by atoms with Gasteiger partial charge in [-0.25, -0.2) is 0 Å². The van der Waals surface area contributed by atoms with E-state index in [-0.39, 0.29) is 12.5 Å². The molecule has 0 radical (unpaired) electrons. The first-order valence-electron chi connectivity index (χ1n) is 7.15. The monoisotopic (exact) mass is 375 g/mol. The van der Waals surface area contributed by atoms with Crippen LogP contribution in [-0.2, 0) is 4.79 Å². The zero-order valence-corrected chi connectivity index (χ0v) is 15.3. The summed E-state index contributed by atoms with van der Waals surface area (Å²) in [5.41, 5.74) is 0. The van der Waals surface area contributed by atoms with Gasteiger partial charge >= 0.3 is 0 Å². The Morgan fingerprint density at radius 3 is 2.43 bits per heavy atom. The number of halogens is 2. The fraction of sp³-hybridized carbons (Fsp3) is 0.562. The lowest BCUT2D eigenvalue weighted by Gasteiger charge is -2.25. The highest BCUT2D eigenvalue weighted by Crippen LogP contribution is 2.27. The molecule has 5 heteroatoms. The normalized spacial score (nSPS) is 11.3. The quantitative estimate of drug-likeness (QED) is 0.759. The van der Waals surface area contributed by atoms with Gasteiger partial charge in [-0.1, -0.05) is 39.3 Å². The lowest BCUT2D eigenvalue weighted by molar-refractivity contribution is -0.123. The Kier molecular flexibility index (Phi) is 7.53. The summed E-state index contributed by atoms with van der Waals surface area (Å²) in [7, 11) is 0. The Labute approximate surface area is 140 Å². The molecule has 0 spiro atoms. The molecular formula is C16H23BrClNO2. The van der Waals surface area contributed by atoms with Crippen molar-refractivity contribution in [1.29, 1.82) is 0 Å². The number of carbonyl (C=O) groups is 1. The van der Waals surface area contributed by atoms with Crippen LogP contribution in [-0.4, -0.2) is 19.1 Å². The molecule has 0 heterocycles.